The molecule has 11 aromatic carbocycles. The maximum Gasteiger partial charge on any atom is 0.230 e. The van der Waals surface area contributed by atoms with Gasteiger partial charge in [-0.1, -0.05) is 144 Å². The van der Waals surface area contributed by atoms with Gasteiger partial charge in [0.25, 0.3) is 0 Å². The zero-order valence-electron chi connectivity index (χ0n) is 44.3. The highest BCUT2D eigenvalue weighted by atomic mass is 32.1. The van der Waals surface area contributed by atoms with E-state index in [1.807, 2.05) is 18.2 Å². The van der Waals surface area contributed by atoms with Gasteiger partial charge in [0.2, 0.25) is 5.89 Å². The molecule has 0 saturated carbocycles. The minimum absolute atomic E-state index is 0.494. The van der Waals surface area contributed by atoms with Crippen molar-refractivity contribution in [3.8, 4) is 44.8 Å². The normalized spacial score (nSPS) is 12.2. The van der Waals surface area contributed by atoms with Crippen LogP contribution in [0.5, 0.6) is 0 Å². The fourth-order valence-corrected chi connectivity index (χ4v) is 14.3. The Morgan fingerprint density at radius 1 is 0.312 bits per heavy atom. The van der Waals surface area contributed by atoms with Crippen molar-refractivity contribution in [3.63, 3.8) is 0 Å². The number of fused-ring (bicyclic) bond motifs is 14. The van der Waals surface area contributed by atoms with Crippen molar-refractivity contribution in [2.45, 2.75) is 27.7 Å². The molecule has 378 valence electrons. The van der Waals surface area contributed by atoms with Crippen molar-refractivity contribution >= 4 is 120 Å². The van der Waals surface area contributed by atoms with Gasteiger partial charge in [0, 0.05) is 43.1 Å². The largest absolute Gasteiger partial charge is 0.436 e. The molecule has 0 bridgehead atoms. The number of benzene rings is 11. The van der Waals surface area contributed by atoms with E-state index in [2.05, 4.69) is 246 Å². The van der Waals surface area contributed by atoms with E-state index in [1.165, 1.54) is 38.4 Å². The summed E-state index contributed by atoms with van der Waals surface area (Å²) in [5.41, 5.74) is 21.3. The number of hydrogen-bond donors (Lipinski definition) is 0. The summed E-state index contributed by atoms with van der Waals surface area (Å²) in [6, 6.07) is 80.1. The second kappa shape index (κ2) is 16.7. The molecule has 7 nitrogen and oxygen atoms in total. The molecule has 0 amide bonds. The fourth-order valence-electron chi connectivity index (χ4n) is 13.2. The zero-order valence-corrected chi connectivity index (χ0v) is 45.1. The highest BCUT2D eigenvalue weighted by Gasteiger charge is 2.38. The molecule has 0 atom stereocenters. The average Bonchev–Trinajstić information content (AvgIpc) is 4.22. The van der Waals surface area contributed by atoms with Crippen LogP contribution in [0.4, 0.5) is 0 Å². The number of aromatic nitrogens is 6. The van der Waals surface area contributed by atoms with E-state index in [9.17, 15) is 0 Å². The number of hydrogen-bond acceptors (Lipinski definition) is 4. The van der Waals surface area contributed by atoms with E-state index in [-0.39, 0.29) is 0 Å². The quantitative estimate of drug-likeness (QED) is 0.167. The van der Waals surface area contributed by atoms with E-state index < -0.39 is 0 Å². The highest BCUT2D eigenvalue weighted by Crippen LogP contribution is 2.55. The van der Waals surface area contributed by atoms with Crippen LogP contribution in [0.1, 0.15) is 22.3 Å². The smallest absolute Gasteiger partial charge is 0.230 e. The van der Waals surface area contributed by atoms with Crippen LogP contribution in [0.3, 0.4) is 0 Å². The van der Waals surface area contributed by atoms with Gasteiger partial charge >= 0.3 is 0 Å². The Kier molecular flexibility index (Phi) is 9.43. The molecule has 6 aromatic heterocycles. The number of aryl methyl sites for hydroxylation is 4. The van der Waals surface area contributed by atoms with E-state index in [4.69, 9.17) is 14.4 Å². The number of thiazole rings is 1. The molecule has 0 fully saturated rings. The second-order valence-electron chi connectivity index (χ2n) is 21.6. The second-order valence-corrected chi connectivity index (χ2v) is 22.6. The lowest BCUT2D eigenvalue weighted by Crippen LogP contribution is -2.16. The number of para-hydroxylation sites is 7. The van der Waals surface area contributed by atoms with Gasteiger partial charge in [-0.2, -0.15) is 0 Å². The third-order valence-corrected chi connectivity index (χ3v) is 17.7. The maximum absolute atomic E-state index is 7.41. The lowest BCUT2D eigenvalue weighted by Gasteiger charge is -2.29. The van der Waals surface area contributed by atoms with Crippen LogP contribution in [0, 0.1) is 27.7 Å². The SMILES string of the molecule is Cc1ccc2c(c1)c1ccccc1n2-c1c(-c2nc3ccccc3o2)c(-c2nc3ccccc3s2)c(-n2c3ccccc3c3cc(C)ccc32)c(-n2c3ccccc3c3cc(C)ccc32)c1-n1c2ccccc2c2cc(C)ccc21. The molecule has 17 aromatic rings. The van der Waals surface area contributed by atoms with Gasteiger partial charge in [0.1, 0.15) is 10.5 Å². The first kappa shape index (κ1) is 45.0. The maximum atomic E-state index is 7.41. The molecule has 0 spiro atoms. The third kappa shape index (κ3) is 6.30. The van der Waals surface area contributed by atoms with Crippen LogP contribution in [-0.2, 0) is 0 Å². The van der Waals surface area contributed by atoms with Crippen LogP contribution >= 0.6 is 11.3 Å². The monoisotopic (exact) mass is 1040 g/mol. The van der Waals surface area contributed by atoms with E-state index in [0.717, 1.165) is 126 Å². The molecule has 0 N–H and O–H groups in total. The molecule has 6 heterocycles. The van der Waals surface area contributed by atoms with Gasteiger partial charge in [0.05, 0.1) is 88.2 Å². The predicted molar refractivity (Wildman–Crippen MR) is 334 cm³/mol. The number of nitrogens with zero attached hydrogens (tertiary/aromatic N) is 6. The molecule has 8 heteroatoms. The van der Waals surface area contributed by atoms with Crippen LogP contribution in [0.25, 0.3) is 153 Å². The Balaban J connectivity index is 1.27. The van der Waals surface area contributed by atoms with Crippen molar-refractivity contribution in [3.05, 3.63) is 241 Å². The fraction of sp³-hybridized carbons (Fsp3) is 0.0556. The summed E-state index contributed by atoms with van der Waals surface area (Å²) in [4.78, 5) is 11.5. The third-order valence-electron chi connectivity index (χ3n) is 16.6. The molecule has 17 rings (SSSR count). The van der Waals surface area contributed by atoms with Crippen LogP contribution in [0.15, 0.2) is 223 Å². The zero-order chi connectivity index (χ0) is 53.1. The lowest BCUT2D eigenvalue weighted by atomic mass is 9.96. The molecule has 0 aliphatic rings. The van der Waals surface area contributed by atoms with Gasteiger partial charge in [-0.25, -0.2) is 9.97 Å². The first-order valence-corrected chi connectivity index (χ1v) is 28.1. The highest BCUT2D eigenvalue weighted by molar-refractivity contribution is 7.21. The number of rotatable bonds is 6. The lowest BCUT2D eigenvalue weighted by molar-refractivity contribution is 0.619. The van der Waals surface area contributed by atoms with E-state index >= 15 is 0 Å². The Morgan fingerprint density at radius 3 is 1.09 bits per heavy atom. The Hall–Kier alpha value is -10.0. The standard InChI is InChI=1S/C72H48N6OS/c1-41-29-33-59-49(37-41)45-17-5-11-23-55(45)75(59)67-65(71-73-53-21-9-15-27-63(53)79-71)66(72-74-54-22-10-16-28-64(54)80-72)68(76-56-24-12-6-18-46(56)50-38-42(2)30-34-60(50)76)70(78-58-26-14-8-20-48(58)52-40-44(4)32-36-62(52)78)69(67)77-57-25-13-7-19-47(57)51-39-43(3)31-35-61(51)77/h5-40H,1-4H3. The first-order valence-electron chi connectivity index (χ1n) is 27.3. The van der Waals surface area contributed by atoms with Gasteiger partial charge in [-0.3, -0.25) is 0 Å². The van der Waals surface area contributed by atoms with Gasteiger partial charge in [-0.05, 0) is 125 Å². The van der Waals surface area contributed by atoms with E-state index in [1.54, 1.807) is 11.3 Å². The molecular formula is C72H48N6OS. The van der Waals surface area contributed by atoms with Crippen molar-refractivity contribution < 1.29 is 4.42 Å². The summed E-state index contributed by atoms with van der Waals surface area (Å²) >= 11 is 1.71. The first-order chi connectivity index (χ1) is 39.3. The van der Waals surface area contributed by atoms with E-state index in [0.29, 0.717) is 11.5 Å². The van der Waals surface area contributed by atoms with Crippen molar-refractivity contribution in [1.82, 2.24) is 28.2 Å². The Bertz CT molecular complexity index is 5090. The summed E-state index contributed by atoms with van der Waals surface area (Å²) in [5.74, 6) is 0.494. The van der Waals surface area contributed by atoms with Gasteiger partial charge in [0.15, 0.2) is 5.58 Å². The van der Waals surface area contributed by atoms with Crippen molar-refractivity contribution in [2.24, 2.45) is 0 Å². The summed E-state index contributed by atoms with van der Waals surface area (Å²) in [6.45, 7) is 8.78. The summed E-state index contributed by atoms with van der Waals surface area (Å²) < 4.78 is 18.7. The molecule has 0 radical (unpaired) electrons. The van der Waals surface area contributed by atoms with Gasteiger partial charge in [-0.15, -0.1) is 11.3 Å². The topological polar surface area (TPSA) is 58.6 Å². The molecular weight excluding hydrogens is 997 g/mol. The summed E-state index contributed by atoms with van der Waals surface area (Å²) in [5, 5.41) is 10.1. The average molecular weight is 1050 g/mol. The molecule has 0 aliphatic carbocycles. The number of oxazole rings is 1. The van der Waals surface area contributed by atoms with Crippen LogP contribution in [-0.4, -0.2) is 28.2 Å². The van der Waals surface area contributed by atoms with Gasteiger partial charge < -0.3 is 22.7 Å². The molecule has 0 aliphatic heterocycles. The summed E-state index contributed by atoms with van der Waals surface area (Å²) in [7, 11) is 0. The molecule has 0 unspecified atom stereocenters. The van der Waals surface area contributed by atoms with Crippen LogP contribution < -0.4 is 0 Å². The van der Waals surface area contributed by atoms with Crippen LogP contribution in [0.2, 0.25) is 0 Å². The minimum Gasteiger partial charge on any atom is -0.436 e. The van der Waals surface area contributed by atoms with Crippen molar-refractivity contribution in [1.29, 1.82) is 0 Å². The Labute approximate surface area is 463 Å². The molecule has 0 saturated heterocycles. The Morgan fingerprint density at radius 2 is 0.662 bits per heavy atom. The minimum atomic E-state index is 0.494. The molecule has 80 heavy (non-hydrogen) atoms. The van der Waals surface area contributed by atoms with Crippen molar-refractivity contribution in [2.75, 3.05) is 0 Å². The predicted octanol–water partition coefficient (Wildman–Crippen LogP) is 19.4. The summed E-state index contributed by atoms with van der Waals surface area (Å²) in [6.07, 6.45) is 0.